The Morgan fingerprint density at radius 1 is 1.62 bits per heavy atom. The summed E-state index contributed by atoms with van der Waals surface area (Å²) in [4.78, 5) is 16.4. The van der Waals surface area contributed by atoms with Crippen LogP contribution < -0.4 is 5.32 Å². The van der Waals surface area contributed by atoms with Crippen molar-refractivity contribution in [3.05, 3.63) is 29.6 Å². The molecule has 0 saturated heterocycles. The SMILES string of the molecule is CCNCC(=O)C1CCCc2cccnc21. The highest BCUT2D eigenvalue weighted by Crippen LogP contribution is 2.30. The van der Waals surface area contributed by atoms with Crippen LogP contribution in [-0.4, -0.2) is 23.9 Å². The molecule has 86 valence electrons. The lowest BCUT2D eigenvalue weighted by atomic mass is 9.84. The summed E-state index contributed by atoms with van der Waals surface area (Å²) in [5.74, 6) is 0.297. The highest BCUT2D eigenvalue weighted by atomic mass is 16.1. The van der Waals surface area contributed by atoms with E-state index < -0.39 is 0 Å². The first-order valence-corrected chi connectivity index (χ1v) is 6.00. The van der Waals surface area contributed by atoms with Gasteiger partial charge in [-0.1, -0.05) is 13.0 Å². The molecule has 0 spiro atoms. The van der Waals surface area contributed by atoms with Crippen LogP contribution in [0.15, 0.2) is 18.3 Å². The highest BCUT2D eigenvalue weighted by Gasteiger charge is 2.26. The molecule has 1 heterocycles. The standard InChI is InChI=1S/C13H18N2O/c1-2-14-9-12(16)11-7-3-5-10-6-4-8-15-13(10)11/h4,6,8,11,14H,2-3,5,7,9H2,1H3. The number of aromatic nitrogens is 1. The maximum Gasteiger partial charge on any atom is 0.155 e. The lowest BCUT2D eigenvalue weighted by Crippen LogP contribution is -2.29. The fourth-order valence-corrected chi connectivity index (χ4v) is 2.29. The van der Waals surface area contributed by atoms with E-state index in [1.807, 2.05) is 13.0 Å². The summed E-state index contributed by atoms with van der Waals surface area (Å²) in [6, 6.07) is 4.05. The van der Waals surface area contributed by atoms with Gasteiger partial charge in [0.1, 0.15) is 0 Å². The third-order valence-electron chi connectivity index (χ3n) is 3.13. The van der Waals surface area contributed by atoms with E-state index in [4.69, 9.17) is 0 Å². The van der Waals surface area contributed by atoms with Crippen molar-refractivity contribution in [2.75, 3.05) is 13.1 Å². The van der Waals surface area contributed by atoms with Gasteiger partial charge in [0.05, 0.1) is 18.2 Å². The molecule has 3 heteroatoms. The second kappa shape index (κ2) is 5.21. The number of hydrogen-bond acceptors (Lipinski definition) is 3. The number of fused-ring (bicyclic) bond motifs is 1. The van der Waals surface area contributed by atoms with Crippen LogP contribution in [0.25, 0.3) is 0 Å². The van der Waals surface area contributed by atoms with E-state index in [0.717, 1.165) is 31.5 Å². The van der Waals surface area contributed by atoms with Crippen molar-refractivity contribution < 1.29 is 4.79 Å². The van der Waals surface area contributed by atoms with Crippen LogP contribution in [0.5, 0.6) is 0 Å². The average Bonchev–Trinajstić information content (AvgIpc) is 2.35. The van der Waals surface area contributed by atoms with Crippen LogP contribution in [-0.2, 0) is 11.2 Å². The monoisotopic (exact) mass is 218 g/mol. The minimum atomic E-state index is 0.0176. The normalized spacial score (nSPS) is 19.2. The summed E-state index contributed by atoms with van der Waals surface area (Å²) < 4.78 is 0. The molecule has 0 saturated carbocycles. The number of rotatable bonds is 4. The van der Waals surface area contributed by atoms with Gasteiger partial charge in [0.15, 0.2) is 5.78 Å². The van der Waals surface area contributed by atoms with E-state index in [9.17, 15) is 4.79 Å². The molecular weight excluding hydrogens is 200 g/mol. The third kappa shape index (κ3) is 2.30. The van der Waals surface area contributed by atoms with E-state index in [0.29, 0.717) is 6.54 Å². The summed E-state index contributed by atoms with van der Waals surface area (Å²) in [6.07, 6.45) is 4.90. The Labute approximate surface area is 96.3 Å². The third-order valence-corrected chi connectivity index (χ3v) is 3.13. The number of carbonyl (C=O) groups is 1. The smallest absolute Gasteiger partial charge is 0.155 e. The quantitative estimate of drug-likeness (QED) is 0.836. The molecule has 1 aliphatic rings. The molecule has 1 aromatic rings. The summed E-state index contributed by atoms with van der Waals surface area (Å²) in [7, 11) is 0. The van der Waals surface area contributed by atoms with Crippen molar-refractivity contribution >= 4 is 5.78 Å². The van der Waals surface area contributed by atoms with Crippen molar-refractivity contribution in [3.8, 4) is 0 Å². The van der Waals surface area contributed by atoms with Crippen LogP contribution >= 0.6 is 0 Å². The molecule has 0 aliphatic heterocycles. The molecule has 1 N–H and O–H groups in total. The molecule has 0 radical (unpaired) electrons. The van der Waals surface area contributed by atoms with E-state index >= 15 is 0 Å². The fourth-order valence-electron chi connectivity index (χ4n) is 2.29. The minimum absolute atomic E-state index is 0.0176. The van der Waals surface area contributed by atoms with Crippen LogP contribution in [0.1, 0.15) is 36.9 Å². The summed E-state index contributed by atoms with van der Waals surface area (Å²) in [6.45, 7) is 3.32. The van der Waals surface area contributed by atoms with Crippen molar-refractivity contribution in [1.82, 2.24) is 10.3 Å². The Hall–Kier alpha value is -1.22. The summed E-state index contributed by atoms with van der Waals surface area (Å²) in [5, 5.41) is 3.10. The van der Waals surface area contributed by atoms with Crippen LogP contribution in [0, 0.1) is 0 Å². The Bertz CT molecular complexity index is 376. The maximum absolute atomic E-state index is 12.0. The zero-order valence-electron chi connectivity index (χ0n) is 9.70. The molecule has 0 aromatic carbocycles. The Morgan fingerprint density at radius 2 is 2.50 bits per heavy atom. The second-order valence-corrected chi connectivity index (χ2v) is 4.24. The summed E-state index contributed by atoms with van der Waals surface area (Å²) in [5.41, 5.74) is 2.26. The van der Waals surface area contributed by atoms with Crippen LogP contribution in [0.4, 0.5) is 0 Å². The van der Waals surface area contributed by atoms with Gasteiger partial charge in [0.2, 0.25) is 0 Å². The number of carbonyl (C=O) groups excluding carboxylic acids is 1. The molecule has 1 unspecified atom stereocenters. The number of pyridine rings is 1. The molecule has 16 heavy (non-hydrogen) atoms. The summed E-state index contributed by atoms with van der Waals surface area (Å²) >= 11 is 0. The Kier molecular flexibility index (Phi) is 3.67. The van der Waals surface area contributed by atoms with E-state index in [1.165, 1.54) is 5.56 Å². The number of ketones is 1. The molecule has 1 aliphatic carbocycles. The lowest BCUT2D eigenvalue weighted by Gasteiger charge is -2.23. The molecule has 0 amide bonds. The molecule has 0 fully saturated rings. The first-order valence-electron chi connectivity index (χ1n) is 6.00. The molecule has 1 atom stereocenters. The molecule has 0 bridgehead atoms. The average molecular weight is 218 g/mol. The number of nitrogens with one attached hydrogen (secondary N) is 1. The first-order chi connectivity index (χ1) is 7.83. The topological polar surface area (TPSA) is 42.0 Å². The van der Waals surface area contributed by atoms with Crippen molar-refractivity contribution in [2.45, 2.75) is 32.1 Å². The van der Waals surface area contributed by atoms with E-state index in [1.54, 1.807) is 6.20 Å². The van der Waals surface area contributed by atoms with E-state index in [-0.39, 0.29) is 11.7 Å². The predicted octanol–water partition coefficient (Wildman–Crippen LogP) is 1.68. The van der Waals surface area contributed by atoms with Gasteiger partial charge in [-0.2, -0.15) is 0 Å². The van der Waals surface area contributed by atoms with Gasteiger partial charge >= 0.3 is 0 Å². The van der Waals surface area contributed by atoms with Gasteiger partial charge in [-0.05, 0) is 37.4 Å². The Balaban J connectivity index is 2.15. The number of hydrogen-bond donors (Lipinski definition) is 1. The predicted molar refractivity (Wildman–Crippen MR) is 63.5 cm³/mol. The van der Waals surface area contributed by atoms with Crippen LogP contribution in [0.3, 0.4) is 0 Å². The first kappa shape index (κ1) is 11.3. The molecule has 2 rings (SSSR count). The van der Waals surface area contributed by atoms with Crippen LogP contribution in [0.2, 0.25) is 0 Å². The zero-order chi connectivity index (χ0) is 11.4. The number of aryl methyl sites for hydroxylation is 1. The van der Waals surface area contributed by atoms with Gasteiger partial charge < -0.3 is 5.32 Å². The van der Waals surface area contributed by atoms with Crippen molar-refractivity contribution in [2.24, 2.45) is 0 Å². The number of likely N-dealkylation sites (N-methyl/N-ethyl adjacent to an activating group) is 1. The number of nitrogens with zero attached hydrogens (tertiary/aromatic N) is 1. The molecule has 3 nitrogen and oxygen atoms in total. The largest absolute Gasteiger partial charge is 0.310 e. The zero-order valence-corrected chi connectivity index (χ0v) is 9.70. The Morgan fingerprint density at radius 3 is 3.31 bits per heavy atom. The van der Waals surface area contributed by atoms with Gasteiger partial charge in [-0.25, -0.2) is 0 Å². The second-order valence-electron chi connectivity index (χ2n) is 4.24. The van der Waals surface area contributed by atoms with E-state index in [2.05, 4.69) is 16.4 Å². The molecular formula is C13H18N2O. The van der Waals surface area contributed by atoms with Crippen molar-refractivity contribution in [1.29, 1.82) is 0 Å². The minimum Gasteiger partial charge on any atom is -0.310 e. The van der Waals surface area contributed by atoms with Gasteiger partial charge in [0, 0.05) is 6.20 Å². The fraction of sp³-hybridized carbons (Fsp3) is 0.538. The van der Waals surface area contributed by atoms with Gasteiger partial charge in [-0.3, -0.25) is 9.78 Å². The van der Waals surface area contributed by atoms with Crippen molar-refractivity contribution in [3.63, 3.8) is 0 Å². The molecule has 1 aromatic heterocycles. The lowest BCUT2D eigenvalue weighted by molar-refractivity contribution is -0.120. The number of Topliss-reactive ketones (excluding diaryl/α,β-unsaturated/α-hetero) is 1. The maximum atomic E-state index is 12.0. The van der Waals surface area contributed by atoms with Gasteiger partial charge in [-0.15, -0.1) is 0 Å². The highest BCUT2D eigenvalue weighted by molar-refractivity contribution is 5.87. The van der Waals surface area contributed by atoms with Gasteiger partial charge in [0.25, 0.3) is 0 Å².